The van der Waals surface area contributed by atoms with Crippen molar-refractivity contribution in [3.63, 3.8) is 0 Å². The zero-order valence-corrected chi connectivity index (χ0v) is 8.75. The Morgan fingerprint density at radius 3 is 3.00 bits per heavy atom. The molecule has 0 radical (unpaired) electrons. The number of hydrogen-bond donors (Lipinski definition) is 3. The molecule has 0 aliphatic carbocycles. The van der Waals surface area contributed by atoms with Crippen LogP contribution < -0.4 is 10.6 Å². The lowest BCUT2D eigenvalue weighted by molar-refractivity contribution is -0.122. The predicted octanol–water partition coefficient (Wildman–Crippen LogP) is 0.0156. The molecule has 1 aliphatic heterocycles. The molecule has 1 rings (SSSR count). The molecule has 0 bridgehead atoms. The lowest BCUT2D eigenvalue weighted by Gasteiger charge is -2.16. The smallest absolute Gasteiger partial charge is 0.221 e. The van der Waals surface area contributed by atoms with E-state index in [1.165, 1.54) is 0 Å². The maximum atomic E-state index is 11.5. The highest BCUT2D eigenvalue weighted by Crippen LogP contribution is 2.08. The first kappa shape index (κ1) is 11.5. The van der Waals surface area contributed by atoms with Gasteiger partial charge in [0.05, 0.1) is 12.6 Å². The third kappa shape index (κ3) is 3.64. The molecular weight excluding hydrogens is 180 g/mol. The quantitative estimate of drug-likeness (QED) is 0.586. The Balaban J connectivity index is 2.20. The lowest BCUT2D eigenvalue weighted by Crippen LogP contribution is -2.39. The SMILES string of the molecule is CC[C@H](CO)NC(=O)CC1CCCN1. The molecule has 0 aromatic rings. The minimum absolute atomic E-state index is 0.0281. The van der Waals surface area contributed by atoms with Gasteiger partial charge in [0.2, 0.25) is 5.91 Å². The van der Waals surface area contributed by atoms with Crippen LogP contribution in [0.15, 0.2) is 0 Å². The lowest BCUT2D eigenvalue weighted by atomic mass is 10.1. The van der Waals surface area contributed by atoms with Crippen molar-refractivity contribution in [2.75, 3.05) is 13.2 Å². The van der Waals surface area contributed by atoms with Crippen LogP contribution in [-0.2, 0) is 4.79 Å². The zero-order valence-electron chi connectivity index (χ0n) is 8.75. The largest absolute Gasteiger partial charge is 0.394 e. The highest BCUT2D eigenvalue weighted by molar-refractivity contribution is 5.76. The second kappa shape index (κ2) is 5.98. The second-order valence-electron chi connectivity index (χ2n) is 3.85. The monoisotopic (exact) mass is 200 g/mol. The van der Waals surface area contributed by atoms with Gasteiger partial charge in [0.15, 0.2) is 0 Å². The van der Waals surface area contributed by atoms with Gasteiger partial charge >= 0.3 is 0 Å². The summed E-state index contributed by atoms with van der Waals surface area (Å²) in [5.41, 5.74) is 0. The van der Waals surface area contributed by atoms with Crippen LogP contribution in [0.3, 0.4) is 0 Å². The number of carbonyl (C=O) groups excluding carboxylic acids is 1. The molecule has 1 heterocycles. The second-order valence-corrected chi connectivity index (χ2v) is 3.85. The molecule has 82 valence electrons. The number of rotatable bonds is 5. The van der Waals surface area contributed by atoms with E-state index < -0.39 is 0 Å². The first-order chi connectivity index (χ1) is 6.76. The van der Waals surface area contributed by atoms with Crippen molar-refractivity contribution in [2.45, 2.75) is 44.7 Å². The Morgan fingerprint density at radius 1 is 1.71 bits per heavy atom. The van der Waals surface area contributed by atoms with E-state index in [-0.39, 0.29) is 18.6 Å². The van der Waals surface area contributed by atoms with Crippen LogP contribution in [0, 0.1) is 0 Å². The van der Waals surface area contributed by atoms with Gasteiger partial charge in [-0.1, -0.05) is 6.92 Å². The van der Waals surface area contributed by atoms with Crippen LogP contribution >= 0.6 is 0 Å². The molecule has 4 nitrogen and oxygen atoms in total. The van der Waals surface area contributed by atoms with Gasteiger partial charge in [-0.3, -0.25) is 4.79 Å². The molecule has 1 aliphatic rings. The van der Waals surface area contributed by atoms with Crippen LogP contribution in [0.2, 0.25) is 0 Å². The minimum atomic E-state index is -0.0797. The van der Waals surface area contributed by atoms with Gasteiger partial charge in [-0.15, -0.1) is 0 Å². The van der Waals surface area contributed by atoms with Crippen molar-refractivity contribution < 1.29 is 9.90 Å². The Labute approximate surface area is 85.1 Å². The summed E-state index contributed by atoms with van der Waals surface area (Å²) < 4.78 is 0. The van der Waals surface area contributed by atoms with Crippen LogP contribution in [0.5, 0.6) is 0 Å². The number of nitrogens with one attached hydrogen (secondary N) is 2. The summed E-state index contributed by atoms with van der Waals surface area (Å²) in [6, 6.07) is 0.259. The van der Waals surface area contributed by atoms with Crippen molar-refractivity contribution in [1.82, 2.24) is 10.6 Å². The molecule has 14 heavy (non-hydrogen) atoms. The summed E-state index contributed by atoms with van der Waals surface area (Å²) in [6.45, 7) is 3.00. The highest BCUT2D eigenvalue weighted by Gasteiger charge is 2.18. The molecule has 2 atom stereocenters. The van der Waals surface area contributed by atoms with E-state index in [2.05, 4.69) is 10.6 Å². The van der Waals surface area contributed by atoms with Crippen LogP contribution in [0.25, 0.3) is 0 Å². The minimum Gasteiger partial charge on any atom is -0.394 e. The van der Waals surface area contributed by atoms with Crippen molar-refractivity contribution in [3.8, 4) is 0 Å². The van der Waals surface area contributed by atoms with Gasteiger partial charge in [0.25, 0.3) is 0 Å². The molecule has 0 aromatic heterocycles. The standard InChI is InChI=1S/C10H20N2O2/c1-2-8(7-13)12-10(14)6-9-4-3-5-11-9/h8-9,11,13H,2-7H2,1H3,(H,12,14)/t8-,9?/m1/s1. The fourth-order valence-corrected chi connectivity index (χ4v) is 1.72. The number of aliphatic hydroxyl groups is 1. The summed E-state index contributed by atoms with van der Waals surface area (Å²) in [7, 11) is 0. The van der Waals surface area contributed by atoms with E-state index in [1.54, 1.807) is 0 Å². The topological polar surface area (TPSA) is 61.4 Å². The first-order valence-electron chi connectivity index (χ1n) is 5.39. The molecule has 4 heteroatoms. The van der Waals surface area contributed by atoms with Gasteiger partial charge in [-0.2, -0.15) is 0 Å². The summed E-state index contributed by atoms with van der Waals surface area (Å²) in [5.74, 6) is 0.0466. The van der Waals surface area contributed by atoms with Crippen molar-refractivity contribution in [1.29, 1.82) is 0 Å². The Bertz CT molecular complexity index is 169. The average Bonchev–Trinajstić information content (AvgIpc) is 2.66. The van der Waals surface area contributed by atoms with Gasteiger partial charge in [0.1, 0.15) is 0 Å². The normalized spacial score (nSPS) is 23.4. The molecule has 3 N–H and O–H groups in total. The maximum absolute atomic E-state index is 11.5. The van der Waals surface area contributed by atoms with Gasteiger partial charge in [0, 0.05) is 12.5 Å². The summed E-state index contributed by atoms with van der Waals surface area (Å²) in [5, 5.41) is 15.0. The number of aliphatic hydroxyl groups excluding tert-OH is 1. The highest BCUT2D eigenvalue weighted by atomic mass is 16.3. The summed E-state index contributed by atoms with van der Waals surface area (Å²) >= 11 is 0. The number of hydrogen-bond acceptors (Lipinski definition) is 3. The Kier molecular flexibility index (Phi) is 4.90. The van der Waals surface area contributed by atoms with E-state index in [9.17, 15) is 4.79 Å². The third-order valence-electron chi connectivity index (χ3n) is 2.67. The van der Waals surface area contributed by atoms with Gasteiger partial charge in [-0.25, -0.2) is 0 Å². The van der Waals surface area contributed by atoms with Crippen LogP contribution in [0.4, 0.5) is 0 Å². The zero-order chi connectivity index (χ0) is 10.4. The fourth-order valence-electron chi connectivity index (χ4n) is 1.72. The van der Waals surface area contributed by atoms with E-state index in [0.29, 0.717) is 12.5 Å². The Hall–Kier alpha value is -0.610. The van der Waals surface area contributed by atoms with Crippen LogP contribution in [-0.4, -0.2) is 36.2 Å². The molecule has 1 fully saturated rings. The maximum Gasteiger partial charge on any atom is 0.221 e. The number of carbonyl (C=O) groups is 1. The molecule has 0 aromatic carbocycles. The Morgan fingerprint density at radius 2 is 2.50 bits per heavy atom. The van der Waals surface area contributed by atoms with E-state index in [1.807, 2.05) is 6.92 Å². The average molecular weight is 200 g/mol. The van der Waals surface area contributed by atoms with E-state index in [4.69, 9.17) is 5.11 Å². The third-order valence-corrected chi connectivity index (χ3v) is 2.67. The van der Waals surface area contributed by atoms with E-state index >= 15 is 0 Å². The van der Waals surface area contributed by atoms with Crippen molar-refractivity contribution in [2.24, 2.45) is 0 Å². The van der Waals surface area contributed by atoms with Crippen LogP contribution in [0.1, 0.15) is 32.6 Å². The van der Waals surface area contributed by atoms with Gasteiger partial charge in [-0.05, 0) is 25.8 Å². The van der Waals surface area contributed by atoms with Gasteiger partial charge < -0.3 is 15.7 Å². The molecular formula is C10H20N2O2. The fraction of sp³-hybridized carbons (Fsp3) is 0.900. The molecule has 1 saturated heterocycles. The molecule has 0 spiro atoms. The van der Waals surface area contributed by atoms with E-state index in [0.717, 1.165) is 25.8 Å². The summed E-state index contributed by atoms with van der Waals surface area (Å²) in [4.78, 5) is 11.5. The number of amides is 1. The molecule has 1 amide bonds. The van der Waals surface area contributed by atoms with Crippen molar-refractivity contribution in [3.05, 3.63) is 0 Å². The summed E-state index contributed by atoms with van der Waals surface area (Å²) in [6.07, 6.45) is 3.56. The molecule has 0 saturated carbocycles. The first-order valence-corrected chi connectivity index (χ1v) is 5.39. The molecule has 1 unspecified atom stereocenters. The predicted molar refractivity (Wildman–Crippen MR) is 54.9 cm³/mol. The van der Waals surface area contributed by atoms with Crippen molar-refractivity contribution >= 4 is 5.91 Å².